The topological polar surface area (TPSA) is 123 Å². The van der Waals surface area contributed by atoms with Gasteiger partial charge in [0.25, 0.3) is 5.91 Å². The Hall–Kier alpha value is -3.18. The summed E-state index contributed by atoms with van der Waals surface area (Å²) in [5.74, 6) is -2.17. The molecule has 3 rings (SSSR count). The third-order valence-electron chi connectivity index (χ3n) is 3.97. The molecule has 1 unspecified atom stereocenters. The molecule has 0 aliphatic carbocycles. The molecule has 3 aromatic rings. The molecule has 158 valence electrons. The van der Waals surface area contributed by atoms with Gasteiger partial charge in [0.1, 0.15) is 33.7 Å². The summed E-state index contributed by atoms with van der Waals surface area (Å²) >= 11 is 0.798. The zero-order valence-corrected chi connectivity index (χ0v) is 16.7. The molecular weight excluding hydrogens is 416 g/mol. The number of aliphatic hydroxyl groups is 1. The van der Waals surface area contributed by atoms with E-state index in [0.717, 1.165) is 23.5 Å². The van der Waals surface area contributed by atoms with Crippen LogP contribution in [-0.4, -0.2) is 38.7 Å². The van der Waals surface area contributed by atoms with Crippen LogP contribution in [0, 0.1) is 11.6 Å². The summed E-state index contributed by atoms with van der Waals surface area (Å²) in [6, 6.07) is 3.42. The van der Waals surface area contributed by atoms with E-state index in [0.29, 0.717) is 12.8 Å². The first-order valence-electron chi connectivity index (χ1n) is 8.99. The second-order valence-electron chi connectivity index (χ2n) is 6.36. The number of benzene rings is 1. The molecule has 0 aliphatic rings. The number of aromatic nitrogens is 3. The summed E-state index contributed by atoms with van der Waals surface area (Å²) in [7, 11) is 0. The van der Waals surface area contributed by atoms with Crippen molar-refractivity contribution in [1.29, 1.82) is 0 Å². The number of nitrogens with zero attached hydrogens (tertiary/aromatic N) is 3. The molecule has 0 saturated carbocycles. The van der Waals surface area contributed by atoms with Crippen LogP contribution in [0.4, 0.5) is 19.5 Å². The highest BCUT2D eigenvalue weighted by atomic mass is 32.1. The van der Waals surface area contributed by atoms with Crippen molar-refractivity contribution >= 4 is 27.9 Å². The number of thiazole rings is 1. The van der Waals surface area contributed by atoms with Crippen LogP contribution in [0.2, 0.25) is 0 Å². The number of ether oxygens (including phenoxy) is 1. The number of nitrogens with two attached hydrogens (primary N) is 1. The van der Waals surface area contributed by atoms with Crippen molar-refractivity contribution < 1.29 is 23.4 Å². The van der Waals surface area contributed by atoms with Gasteiger partial charge in [-0.15, -0.1) is 0 Å². The third-order valence-corrected chi connectivity index (χ3v) is 4.88. The van der Waals surface area contributed by atoms with Crippen LogP contribution in [0.1, 0.15) is 30.3 Å². The molecule has 0 spiro atoms. The second kappa shape index (κ2) is 9.55. The molecular formula is C19H19F2N5O3S. The lowest BCUT2D eigenvalue weighted by atomic mass is 10.2. The van der Waals surface area contributed by atoms with Crippen molar-refractivity contribution in [3.05, 3.63) is 48.1 Å². The van der Waals surface area contributed by atoms with E-state index in [9.17, 15) is 18.7 Å². The van der Waals surface area contributed by atoms with Gasteiger partial charge >= 0.3 is 0 Å². The maximum Gasteiger partial charge on any atom is 0.277 e. The summed E-state index contributed by atoms with van der Waals surface area (Å²) in [5, 5.41) is 11.8. The highest BCUT2D eigenvalue weighted by molar-refractivity contribution is 7.19. The number of rotatable bonds is 8. The average Bonchev–Trinajstić information content (AvgIpc) is 3.07. The number of hydrogen-bond acceptors (Lipinski definition) is 8. The van der Waals surface area contributed by atoms with E-state index in [1.165, 1.54) is 18.6 Å². The lowest BCUT2D eigenvalue weighted by Gasteiger charge is -2.10. The molecule has 0 bridgehead atoms. The smallest absolute Gasteiger partial charge is 0.277 e. The van der Waals surface area contributed by atoms with Crippen molar-refractivity contribution in [2.45, 2.75) is 25.9 Å². The minimum Gasteiger partial charge on any atom is -0.476 e. The fraction of sp³-hybridized carbons (Fsp3) is 0.263. The molecule has 0 fully saturated rings. The minimum absolute atomic E-state index is 0.00130. The van der Waals surface area contributed by atoms with Crippen molar-refractivity contribution in [3.63, 3.8) is 0 Å². The molecule has 0 aliphatic heterocycles. The molecule has 0 saturated heterocycles. The Balaban J connectivity index is 1.77. The van der Waals surface area contributed by atoms with Crippen LogP contribution < -0.4 is 15.8 Å². The molecule has 2 aromatic heterocycles. The first-order valence-corrected chi connectivity index (χ1v) is 9.81. The maximum atomic E-state index is 14.0. The number of aliphatic hydroxyl groups excluding tert-OH is 1. The van der Waals surface area contributed by atoms with Crippen molar-refractivity contribution in [1.82, 2.24) is 15.0 Å². The first kappa shape index (κ1) is 21.5. The van der Waals surface area contributed by atoms with Gasteiger partial charge in [-0.3, -0.25) is 4.79 Å². The van der Waals surface area contributed by atoms with Crippen LogP contribution in [0.5, 0.6) is 5.88 Å². The van der Waals surface area contributed by atoms with E-state index in [2.05, 4.69) is 20.3 Å². The number of nitrogens with one attached hydrogen (secondary N) is 1. The van der Waals surface area contributed by atoms with Crippen LogP contribution in [0.3, 0.4) is 0 Å². The first-order chi connectivity index (χ1) is 14.4. The third kappa shape index (κ3) is 5.05. The monoisotopic (exact) mass is 435 g/mol. The average molecular weight is 435 g/mol. The Morgan fingerprint density at radius 1 is 1.37 bits per heavy atom. The molecule has 11 heteroatoms. The number of halogens is 2. The van der Waals surface area contributed by atoms with Crippen molar-refractivity contribution in [2.75, 3.05) is 17.7 Å². The Labute approximate surface area is 174 Å². The van der Waals surface area contributed by atoms with Crippen molar-refractivity contribution in [3.8, 4) is 16.5 Å². The van der Waals surface area contributed by atoms with Gasteiger partial charge in [-0.2, -0.15) is 4.98 Å². The van der Waals surface area contributed by atoms with Gasteiger partial charge in [-0.1, -0.05) is 17.4 Å². The van der Waals surface area contributed by atoms with E-state index in [1.54, 1.807) is 6.92 Å². The molecule has 1 atom stereocenters. The molecule has 4 N–H and O–H groups in total. The highest BCUT2D eigenvalue weighted by Gasteiger charge is 2.22. The van der Waals surface area contributed by atoms with E-state index in [4.69, 9.17) is 10.5 Å². The number of anilines is 2. The Morgan fingerprint density at radius 2 is 2.10 bits per heavy atom. The fourth-order valence-electron chi connectivity index (χ4n) is 2.55. The summed E-state index contributed by atoms with van der Waals surface area (Å²) in [6.07, 6.45) is 3.30. The van der Waals surface area contributed by atoms with Gasteiger partial charge in [0.05, 0.1) is 24.5 Å². The molecule has 1 aromatic carbocycles. The van der Waals surface area contributed by atoms with Gasteiger partial charge in [0, 0.05) is 0 Å². The largest absolute Gasteiger partial charge is 0.476 e. The SMILES string of the molecule is CC(O)CCCOc1ncncc1NC(=O)c1nc(-c2c(F)cccc2F)sc1N. The second-order valence-corrected chi connectivity index (χ2v) is 7.39. The predicted molar refractivity (Wildman–Crippen MR) is 108 cm³/mol. The number of hydrogen-bond donors (Lipinski definition) is 3. The van der Waals surface area contributed by atoms with Gasteiger partial charge in [-0.25, -0.2) is 18.7 Å². The maximum absolute atomic E-state index is 14.0. The summed E-state index contributed by atoms with van der Waals surface area (Å²) < 4.78 is 33.6. The summed E-state index contributed by atoms with van der Waals surface area (Å²) in [5.41, 5.74) is 5.52. The van der Waals surface area contributed by atoms with E-state index in [-0.39, 0.29) is 39.4 Å². The lowest BCUT2D eigenvalue weighted by molar-refractivity contribution is 0.102. The zero-order valence-electron chi connectivity index (χ0n) is 15.9. The van der Waals surface area contributed by atoms with Gasteiger partial charge in [-0.05, 0) is 31.9 Å². The fourth-order valence-corrected chi connectivity index (χ4v) is 3.43. The normalized spacial score (nSPS) is 11.9. The lowest BCUT2D eigenvalue weighted by Crippen LogP contribution is -2.16. The Bertz CT molecular complexity index is 1020. The predicted octanol–water partition coefficient (Wildman–Crippen LogP) is 3.25. The zero-order chi connectivity index (χ0) is 21.7. The van der Waals surface area contributed by atoms with Crippen LogP contribution in [0.25, 0.3) is 10.6 Å². The van der Waals surface area contributed by atoms with E-state index < -0.39 is 23.6 Å². The number of nitrogen functional groups attached to an aromatic ring is 1. The minimum atomic E-state index is -0.806. The standard InChI is InChI=1S/C19H19F2N5O3S/c1-10(27)4-3-7-29-18-13(8-23-9-24-18)25-17(28)15-16(22)30-19(26-15)14-11(20)5-2-6-12(14)21/h2,5-6,8-10,27H,3-4,7,22H2,1H3,(H,25,28). The highest BCUT2D eigenvalue weighted by Crippen LogP contribution is 2.34. The number of carbonyl (C=O) groups excluding carboxylic acids is 1. The molecule has 1 amide bonds. The van der Waals surface area contributed by atoms with E-state index >= 15 is 0 Å². The van der Waals surface area contributed by atoms with Crippen LogP contribution >= 0.6 is 11.3 Å². The number of carbonyl (C=O) groups is 1. The molecule has 8 nitrogen and oxygen atoms in total. The molecule has 0 radical (unpaired) electrons. The molecule has 2 heterocycles. The van der Waals surface area contributed by atoms with Crippen LogP contribution in [-0.2, 0) is 0 Å². The Morgan fingerprint density at radius 3 is 2.80 bits per heavy atom. The van der Waals surface area contributed by atoms with Gasteiger partial charge in [0.2, 0.25) is 5.88 Å². The van der Waals surface area contributed by atoms with Gasteiger partial charge in [0.15, 0.2) is 5.69 Å². The summed E-state index contributed by atoms with van der Waals surface area (Å²) in [6.45, 7) is 1.95. The van der Waals surface area contributed by atoms with Crippen molar-refractivity contribution in [2.24, 2.45) is 0 Å². The Kier molecular flexibility index (Phi) is 6.85. The number of amides is 1. The van der Waals surface area contributed by atoms with Crippen LogP contribution in [0.15, 0.2) is 30.7 Å². The summed E-state index contributed by atoms with van der Waals surface area (Å²) in [4.78, 5) is 24.5. The quantitative estimate of drug-likeness (QED) is 0.464. The van der Waals surface area contributed by atoms with E-state index in [1.807, 2.05) is 0 Å². The van der Waals surface area contributed by atoms with Gasteiger partial charge < -0.3 is 20.9 Å². The molecule has 30 heavy (non-hydrogen) atoms.